The zero-order valence-corrected chi connectivity index (χ0v) is 14.5. The van der Waals surface area contributed by atoms with E-state index in [1.165, 1.54) is 0 Å². The van der Waals surface area contributed by atoms with Crippen LogP contribution in [0, 0.1) is 0 Å². The fourth-order valence-corrected chi connectivity index (χ4v) is 2.69. The summed E-state index contributed by atoms with van der Waals surface area (Å²) in [6.07, 6.45) is 7.85. The quantitative estimate of drug-likeness (QED) is 0.725. The first-order valence-corrected chi connectivity index (χ1v) is 8.35. The van der Waals surface area contributed by atoms with E-state index in [-0.39, 0.29) is 0 Å². The first-order chi connectivity index (χ1) is 12.0. The molecular weight excluding hydrogens is 310 g/mol. The molecule has 0 spiro atoms. The van der Waals surface area contributed by atoms with Gasteiger partial charge in [0.1, 0.15) is 5.60 Å². The number of ether oxygens (including phenoxy) is 1. The molecule has 0 N–H and O–H groups in total. The molecule has 126 valence electrons. The average molecular weight is 331 g/mol. The second kappa shape index (κ2) is 7.31. The number of rotatable bonds is 3. The van der Waals surface area contributed by atoms with Crippen LogP contribution < -0.4 is 0 Å². The van der Waals surface area contributed by atoms with Crippen LogP contribution in [0.25, 0.3) is 11.1 Å². The molecule has 0 bridgehead atoms. The Morgan fingerprint density at radius 2 is 1.52 bits per heavy atom. The van der Waals surface area contributed by atoms with Crippen molar-refractivity contribution in [3.63, 3.8) is 0 Å². The Labute approximate surface area is 148 Å². The lowest BCUT2D eigenvalue weighted by Gasteiger charge is -2.24. The van der Waals surface area contributed by atoms with Crippen LogP contribution in [0.4, 0.5) is 4.79 Å². The number of amides is 1. The van der Waals surface area contributed by atoms with Crippen LogP contribution in [0.5, 0.6) is 0 Å². The molecule has 0 radical (unpaired) electrons. The first-order valence-electron chi connectivity index (χ1n) is 8.35. The molecule has 3 rings (SSSR count). The van der Waals surface area contributed by atoms with E-state index in [1.807, 2.05) is 80.6 Å². The number of aliphatic imine (C=N–C) groups is 1. The third-order valence-electron chi connectivity index (χ3n) is 4.10. The summed E-state index contributed by atoms with van der Waals surface area (Å²) < 4.78 is 5.58. The van der Waals surface area contributed by atoms with E-state index in [4.69, 9.17) is 4.74 Å². The highest BCUT2D eigenvalue weighted by molar-refractivity contribution is 6.08. The van der Waals surface area contributed by atoms with Crippen molar-refractivity contribution in [2.75, 3.05) is 0 Å². The molecule has 3 heteroatoms. The lowest BCUT2D eigenvalue weighted by Crippen LogP contribution is -2.24. The van der Waals surface area contributed by atoms with Gasteiger partial charge in [-0.2, -0.15) is 4.99 Å². The SMILES string of the molecule is CC(C)(OC(=O)N=C1C=CCC=C1)c1ccc(-c2ccccc2)cc1. The molecule has 0 saturated carbocycles. The topological polar surface area (TPSA) is 38.7 Å². The molecule has 2 aromatic carbocycles. The maximum absolute atomic E-state index is 12.1. The number of benzene rings is 2. The maximum atomic E-state index is 12.1. The van der Waals surface area contributed by atoms with Gasteiger partial charge in [-0.15, -0.1) is 0 Å². The Morgan fingerprint density at radius 1 is 0.920 bits per heavy atom. The number of hydrogen-bond acceptors (Lipinski definition) is 2. The molecule has 2 aromatic rings. The van der Waals surface area contributed by atoms with Gasteiger partial charge in [0.05, 0.1) is 5.71 Å². The van der Waals surface area contributed by atoms with Gasteiger partial charge in [-0.3, -0.25) is 0 Å². The summed E-state index contributed by atoms with van der Waals surface area (Å²) in [4.78, 5) is 16.1. The molecule has 0 unspecified atom stereocenters. The van der Waals surface area contributed by atoms with Crippen LogP contribution in [0.1, 0.15) is 25.8 Å². The fraction of sp³-hybridized carbons (Fsp3) is 0.182. The second-order valence-electron chi connectivity index (χ2n) is 6.40. The largest absolute Gasteiger partial charge is 0.437 e. The lowest BCUT2D eigenvalue weighted by molar-refractivity contribution is 0.0437. The predicted molar refractivity (Wildman–Crippen MR) is 102 cm³/mol. The summed E-state index contributed by atoms with van der Waals surface area (Å²) >= 11 is 0. The summed E-state index contributed by atoms with van der Waals surface area (Å²) in [6.45, 7) is 3.74. The summed E-state index contributed by atoms with van der Waals surface area (Å²) in [5.41, 5.74) is 3.08. The van der Waals surface area contributed by atoms with Crippen LogP contribution >= 0.6 is 0 Å². The van der Waals surface area contributed by atoms with Crippen molar-refractivity contribution in [3.05, 3.63) is 84.5 Å². The molecule has 0 aromatic heterocycles. The molecule has 0 aliphatic heterocycles. The summed E-state index contributed by atoms with van der Waals surface area (Å²) in [5, 5.41) is 0. The minimum Gasteiger partial charge on any atom is -0.437 e. The van der Waals surface area contributed by atoms with Gasteiger partial charge >= 0.3 is 6.09 Å². The maximum Gasteiger partial charge on any atom is 0.435 e. The molecule has 25 heavy (non-hydrogen) atoms. The minimum atomic E-state index is -0.752. The number of allylic oxidation sites excluding steroid dienone is 4. The minimum absolute atomic E-state index is 0.580. The number of nitrogens with zero attached hydrogens (tertiary/aromatic N) is 1. The van der Waals surface area contributed by atoms with Gasteiger partial charge < -0.3 is 4.74 Å². The zero-order chi connectivity index (χ0) is 17.7. The molecular formula is C22H21NO2. The van der Waals surface area contributed by atoms with Crippen LogP contribution in [-0.4, -0.2) is 11.8 Å². The van der Waals surface area contributed by atoms with Gasteiger partial charge in [0.25, 0.3) is 0 Å². The highest BCUT2D eigenvalue weighted by atomic mass is 16.6. The van der Waals surface area contributed by atoms with Crippen LogP contribution in [0.15, 0.2) is 83.9 Å². The van der Waals surface area contributed by atoms with Crippen molar-refractivity contribution in [2.45, 2.75) is 25.9 Å². The van der Waals surface area contributed by atoms with E-state index in [9.17, 15) is 4.79 Å². The third-order valence-corrected chi connectivity index (χ3v) is 4.10. The molecule has 1 aliphatic rings. The summed E-state index contributed by atoms with van der Waals surface area (Å²) in [6, 6.07) is 18.2. The average Bonchev–Trinajstić information content (AvgIpc) is 2.63. The smallest absolute Gasteiger partial charge is 0.435 e. The molecule has 3 nitrogen and oxygen atoms in total. The normalized spacial score (nSPS) is 13.6. The molecule has 0 saturated heterocycles. The van der Waals surface area contributed by atoms with E-state index < -0.39 is 11.7 Å². The van der Waals surface area contributed by atoms with Crippen molar-refractivity contribution < 1.29 is 9.53 Å². The predicted octanol–water partition coefficient (Wildman–Crippen LogP) is 5.68. The van der Waals surface area contributed by atoms with Gasteiger partial charge in [-0.25, -0.2) is 4.79 Å². The lowest BCUT2D eigenvalue weighted by atomic mass is 9.95. The van der Waals surface area contributed by atoms with E-state index in [2.05, 4.69) is 17.1 Å². The Morgan fingerprint density at radius 3 is 2.16 bits per heavy atom. The van der Waals surface area contributed by atoms with E-state index in [0.29, 0.717) is 5.71 Å². The molecule has 0 atom stereocenters. The van der Waals surface area contributed by atoms with Crippen LogP contribution in [0.3, 0.4) is 0 Å². The molecule has 0 heterocycles. The Kier molecular flexibility index (Phi) is 4.94. The number of hydrogen-bond donors (Lipinski definition) is 0. The second-order valence-corrected chi connectivity index (χ2v) is 6.40. The zero-order valence-electron chi connectivity index (χ0n) is 14.5. The van der Waals surface area contributed by atoms with Crippen molar-refractivity contribution in [1.29, 1.82) is 0 Å². The Hall–Kier alpha value is -2.94. The highest BCUT2D eigenvalue weighted by Gasteiger charge is 2.25. The number of carbonyl (C=O) groups excluding carboxylic acids is 1. The molecule has 1 amide bonds. The van der Waals surface area contributed by atoms with Crippen molar-refractivity contribution in [1.82, 2.24) is 0 Å². The van der Waals surface area contributed by atoms with Crippen molar-refractivity contribution in [3.8, 4) is 11.1 Å². The fourth-order valence-electron chi connectivity index (χ4n) is 2.69. The van der Waals surface area contributed by atoms with Crippen LogP contribution in [0.2, 0.25) is 0 Å². The van der Waals surface area contributed by atoms with E-state index in [0.717, 1.165) is 23.1 Å². The molecule has 1 aliphatic carbocycles. The van der Waals surface area contributed by atoms with Crippen molar-refractivity contribution in [2.24, 2.45) is 4.99 Å². The van der Waals surface area contributed by atoms with E-state index in [1.54, 1.807) is 0 Å². The monoisotopic (exact) mass is 331 g/mol. The van der Waals surface area contributed by atoms with Crippen LogP contribution in [-0.2, 0) is 10.3 Å². The van der Waals surface area contributed by atoms with Gasteiger partial charge in [0, 0.05) is 0 Å². The van der Waals surface area contributed by atoms with Gasteiger partial charge in [0.15, 0.2) is 0 Å². The summed E-state index contributed by atoms with van der Waals surface area (Å²) in [5.74, 6) is 0. The Balaban J connectivity index is 1.73. The Bertz CT molecular complexity index is 814. The third kappa shape index (κ3) is 4.32. The standard InChI is InChI=1S/C22H21NO2/c1-22(2,25-21(24)23-20-11-7-4-8-12-20)19-15-13-18(14-16-19)17-9-5-3-6-10-17/h3,5-16H,4H2,1-2H3. The summed E-state index contributed by atoms with van der Waals surface area (Å²) in [7, 11) is 0. The first kappa shape index (κ1) is 16.9. The van der Waals surface area contributed by atoms with Gasteiger partial charge in [-0.05, 0) is 49.1 Å². The van der Waals surface area contributed by atoms with Gasteiger partial charge in [0.2, 0.25) is 0 Å². The number of carbonyl (C=O) groups is 1. The highest BCUT2D eigenvalue weighted by Crippen LogP contribution is 2.28. The molecule has 0 fully saturated rings. The van der Waals surface area contributed by atoms with E-state index >= 15 is 0 Å². The van der Waals surface area contributed by atoms with Gasteiger partial charge in [-0.1, -0.05) is 66.7 Å². The van der Waals surface area contributed by atoms with Crippen molar-refractivity contribution >= 4 is 11.8 Å².